The molecule has 1 aliphatic carbocycles. The van der Waals surface area contributed by atoms with E-state index in [0.29, 0.717) is 6.42 Å². The minimum absolute atomic E-state index is 0.0882. The number of aliphatic hydroxyl groups is 1. The zero-order valence-corrected chi connectivity index (χ0v) is 9.01. The first kappa shape index (κ1) is 11.5. The van der Waals surface area contributed by atoms with E-state index in [4.69, 9.17) is 0 Å². The first-order chi connectivity index (χ1) is 6.72. The molecule has 14 heavy (non-hydrogen) atoms. The van der Waals surface area contributed by atoms with Gasteiger partial charge in [0.25, 0.3) is 0 Å². The van der Waals surface area contributed by atoms with E-state index in [1.807, 2.05) is 0 Å². The number of unbranched alkanes of at least 4 members (excludes halogenated alkanes) is 1. The molecule has 0 spiro atoms. The predicted molar refractivity (Wildman–Crippen MR) is 56.0 cm³/mol. The lowest BCUT2D eigenvalue weighted by Crippen LogP contribution is -2.49. The Morgan fingerprint density at radius 3 is 2.57 bits per heavy atom. The van der Waals surface area contributed by atoms with Crippen molar-refractivity contribution in [3.05, 3.63) is 0 Å². The standard InChI is InChI=1S/C11H21NO2/c1-2-3-6-10(14)12-11(9-13)7-4-5-8-11/h13H,2-9H2,1H3,(H,12,14). The van der Waals surface area contributed by atoms with E-state index < -0.39 is 0 Å². The first-order valence-corrected chi connectivity index (χ1v) is 5.64. The maximum absolute atomic E-state index is 11.5. The third-order valence-electron chi connectivity index (χ3n) is 3.03. The number of carbonyl (C=O) groups is 1. The van der Waals surface area contributed by atoms with Gasteiger partial charge >= 0.3 is 0 Å². The number of hydrogen-bond donors (Lipinski definition) is 2. The van der Waals surface area contributed by atoms with Crippen molar-refractivity contribution < 1.29 is 9.90 Å². The fourth-order valence-corrected chi connectivity index (χ4v) is 2.07. The van der Waals surface area contributed by atoms with Crippen LogP contribution in [0, 0.1) is 0 Å². The molecule has 0 aromatic carbocycles. The van der Waals surface area contributed by atoms with Gasteiger partial charge in [0.2, 0.25) is 5.91 Å². The molecular formula is C11H21NO2. The van der Waals surface area contributed by atoms with E-state index >= 15 is 0 Å². The van der Waals surface area contributed by atoms with Crippen molar-refractivity contribution in [2.75, 3.05) is 6.61 Å². The summed E-state index contributed by atoms with van der Waals surface area (Å²) in [7, 11) is 0. The van der Waals surface area contributed by atoms with Gasteiger partial charge in [-0.2, -0.15) is 0 Å². The molecule has 82 valence electrons. The highest BCUT2D eigenvalue weighted by Gasteiger charge is 2.34. The second-order valence-corrected chi connectivity index (χ2v) is 4.30. The fourth-order valence-electron chi connectivity index (χ4n) is 2.07. The largest absolute Gasteiger partial charge is 0.394 e. The van der Waals surface area contributed by atoms with Crippen molar-refractivity contribution in [2.45, 2.75) is 57.4 Å². The van der Waals surface area contributed by atoms with Crippen LogP contribution in [-0.2, 0) is 4.79 Å². The number of nitrogens with one attached hydrogen (secondary N) is 1. The summed E-state index contributed by atoms with van der Waals surface area (Å²) in [5.41, 5.74) is -0.287. The maximum Gasteiger partial charge on any atom is 0.220 e. The van der Waals surface area contributed by atoms with Gasteiger partial charge in [-0.25, -0.2) is 0 Å². The molecule has 1 aliphatic rings. The summed E-state index contributed by atoms with van der Waals surface area (Å²) in [6.07, 6.45) is 6.68. The molecule has 0 aliphatic heterocycles. The number of carbonyl (C=O) groups excluding carboxylic acids is 1. The summed E-state index contributed by atoms with van der Waals surface area (Å²) in [5.74, 6) is 0.0998. The van der Waals surface area contributed by atoms with E-state index in [-0.39, 0.29) is 18.1 Å². The Hall–Kier alpha value is -0.570. The van der Waals surface area contributed by atoms with Crippen molar-refractivity contribution in [2.24, 2.45) is 0 Å². The summed E-state index contributed by atoms with van der Waals surface area (Å²) in [4.78, 5) is 11.5. The Morgan fingerprint density at radius 1 is 1.43 bits per heavy atom. The predicted octanol–water partition coefficient (Wildman–Crippen LogP) is 1.60. The molecule has 1 fully saturated rings. The highest BCUT2D eigenvalue weighted by Crippen LogP contribution is 2.29. The SMILES string of the molecule is CCCCC(=O)NC1(CO)CCCC1. The molecular weight excluding hydrogens is 178 g/mol. The van der Waals surface area contributed by atoms with E-state index in [2.05, 4.69) is 12.2 Å². The van der Waals surface area contributed by atoms with Crippen LogP contribution in [0.15, 0.2) is 0 Å². The lowest BCUT2D eigenvalue weighted by Gasteiger charge is -2.27. The molecule has 0 saturated heterocycles. The van der Waals surface area contributed by atoms with Gasteiger partial charge in [0.15, 0.2) is 0 Å². The van der Waals surface area contributed by atoms with Crippen LogP contribution in [-0.4, -0.2) is 23.2 Å². The van der Waals surface area contributed by atoms with Gasteiger partial charge in [0, 0.05) is 6.42 Å². The minimum atomic E-state index is -0.287. The van der Waals surface area contributed by atoms with Gasteiger partial charge in [-0.05, 0) is 19.3 Å². The molecule has 3 nitrogen and oxygen atoms in total. The summed E-state index contributed by atoms with van der Waals surface area (Å²) in [6, 6.07) is 0. The Balaban J connectivity index is 2.36. The van der Waals surface area contributed by atoms with Crippen molar-refractivity contribution >= 4 is 5.91 Å². The quantitative estimate of drug-likeness (QED) is 0.706. The summed E-state index contributed by atoms with van der Waals surface area (Å²) >= 11 is 0. The smallest absolute Gasteiger partial charge is 0.220 e. The third-order valence-corrected chi connectivity index (χ3v) is 3.03. The zero-order chi connectivity index (χ0) is 10.4. The van der Waals surface area contributed by atoms with Crippen LogP contribution in [0.25, 0.3) is 0 Å². The highest BCUT2D eigenvalue weighted by atomic mass is 16.3. The third kappa shape index (κ3) is 2.98. The van der Waals surface area contributed by atoms with Gasteiger partial charge in [0.1, 0.15) is 0 Å². The van der Waals surface area contributed by atoms with Gasteiger partial charge < -0.3 is 10.4 Å². The molecule has 0 atom stereocenters. The fraction of sp³-hybridized carbons (Fsp3) is 0.909. The Labute approximate surface area is 85.9 Å². The normalized spacial score (nSPS) is 19.6. The molecule has 1 rings (SSSR count). The maximum atomic E-state index is 11.5. The number of hydrogen-bond acceptors (Lipinski definition) is 2. The van der Waals surface area contributed by atoms with Crippen LogP contribution in [0.5, 0.6) is 0 Å². The first-order valence-electron chi connectivity index (χ1n) is 5.64. The number of amides is 1. The van der Waals surface area contributed by atoms with Crippen LogP contribution in [0.1, 0.15) is 51.9 Å². The summed E-state index contributed by atoms with van der Waals surface area (Å²) in [5, 5.41) is 12.3. The molecule has 0 aromatic rings. The van der Waals surface area contributed by atoms with Crippen LogP contribution in [0.4, 0.5) is 0 Å². The molecule has 0 radical (unpaired) electrons. The van der Waals surface area contributed by atoms with Gasteiger partial charge in [-0.3, -0.25) is 4.79 Å². The van der Waals surface area contributed by atoms with Crippen molar-refractivity contribution in [1.82, 2.24) is 5.32 Å². The lowest BCUT2D eigenvalue weighted by atomic mass is 9.98. The molecule has 0 bridgehead atoms. The zero-order valence-electron chi connectivity index (χ0n) is 9.01. The Morgan fingerprint density at radius 2 is 2.07 bits per heavy atom. The van der Waals surface area contributed by atoms with Crippen LogP contribution < -0.4 is 5.32 Å². The van der Waals surface area contributed by atoms with Crippen molar-refractivity contribution in [3.63, 3.8) is 0 Å². The number of rotatable bonds is 5. The van der Waals surface area contributed by atoms with Crippen LogP contribution in [0.2, 0.25) is 0 Å². The topological polar surface area (TPSA) is 49.3 Å². The van der Waals surface area contributed by atoms with Crippen LogP contribution >= 0.6 is 0 Å². The summed E-state index contributed by atoms with van der Waals surface area (Å²) in [6.45, 7) is 2.16. The monoisotopic (exact) mass is 199 g/mol. The highest BCUT2D eigenvalue weighted by molar-refractivity contribution is 5.76. The van der Waals surface area contributed by atoms with Gasteiger partial charge in [-0.15, -0.1) is 0 Å². The van der Waals surface area contributed by atoms with E-state index in [0.717, 1.165) is 38.5 Å². The molecule has 0 heterocycles. The molecule has 1 saturated carbocycles. The average molecular weight is 199 g/mol. The second kappa shape index (κ2) is 5.35. The van der Waals surface area contributed by atoms with Gasteiger partial charge in [-0.1, -0.05) is 26.2 Å². The molecule has 2 N–H and O–H groups in total. The second-order valence-electron chi connectivity index (χ2n) is 4.30. The van der Waals surface area contributed by atoms with Crippen molar-refractivity contribution in [1.29, 1.82) is 0 Å². The molecule has 1 amide bonds. The van der Waals surface area contributed by atoms with Gasteiger partial charge in [0.05, 0.1) is 12.1 Å². The van der Waals surface area contributed by atoms with Crippen molar-refractivity contribution in [3.8, 4) is 0 Å². The summed E-state index contributed by atoms with van der Waals surface area (Å²) < 4.78 is 0. The van der Waals surface area contributed by atoms with E-state index in [9.17, 15) is 9.90 Å². The molecule has 3 heteroatoms. The Kier molecular flexibility index (Phi) is 4.39. The van der Waals surface area contributed by atoms with E-state index in [1.54, 1.807) is 0 Å². The van der Waals surface area contributed by atoms with Crippen LogP contribution in [0.3, 0.4) is 0 Å². The van der Waals surface area contributed by atoms with E-state index in [1.165, 1.54) is 0 Å². The minimum Gasteiger partial charge on any atom is -0.394 e. The molecule has 0 unspecified atom stereocenters. The average Bonchev–Trinajstić information content (AvgIpc) is 2.64. The Bertz CT molecular complexity index is 186. The number of aliphatic hydroxyl groups excluding tert-OH is 1. The molecule has 0 aromatic heterocycles. The lowest BCUT2D eigenvalue weighted by molar-refractivity contribution is -0.123.